The minimum atomic E-state index is -0.842. The molecule has 0 aromatic carbocycles. The lowest BCUT2D eigenvalue weighted by atomic mass is 9.98. The highest BCUT2D eigenvalue weighted by Gasteiger charge is 2.30. The van der Waals surface area contributed by atoms with E-state index in [9.17, 15) is 14.4 Å². The molecule has 2 aliphatic rings. The Labute approximate surface area is 117 Å². The van der Waals surface area contributed by atoms with Gasteiger partial charge in [-0.2, -0.15) is 0 Å². The topological polar surface area (TPSA) is 90.0 Å². The molecular weight excluding hydrogens is 262 g/mol. The number of aliphatic carboxylic acids is 1. The average Bonchev–Trinajstić information content (AvgIpc) is 2.43. The van der Waals surface area contributed by atoms with Crippen LogP contribution in [0.4, 0.5) is 4.79 Å². The predicted molar refractivity (Wildman–Crippen MR) is 71.1 cm³/mol. The van der Waals surface area contributed by atoms with Crippen molar-refractivity contribution in [1.82, 2.24) is 15.1 Å². The predicted octanol–water partition coefficient (Wildman–Crippen LogP) is 0.113. The first-order valence-corrected chi connectivity index (χ1v) is 6.99. The summed E-state index contributed by atoms with van der Waals surface area (Å²) in [5.74, 6) is -1.21. The summed E-state index contributed by atoms with van der Waals surface area (Å²) in [7, 11) is 1.72. The summed E-state index contributed by atoms with van der Waals surface area (Å²) in [4.78, 5) is 37.7. The molecule has 2 N–H and O–H groups in total. The van der Waals surface area contributed by atoms with Crippen LogP contribution in [0.5, 0.6) is 0 Å². The third-order valence-electron chi connectivity index (χ3n) is 4.01. The highest BCUT2D eigenvalue weighted by Crippen LogP contribution is 2.17. The highest BCUT2D eigenvalue weighted by molar-refractivity contribution is 5.79. The number of carbonyl (C=O) groups excluding carboxylic acids is 2. The molecule has 2 rings (SSSR count). The minimum absolute atomic E-state index is 0.0459. The summed E-state index contributed by atoms with van der Waals surface area (Å²) in [6, 6.07) is -0.265. The number of carboxylic acids is 1. The third kappa shape index (κ3) is 3.40. The average molecular weight is 283 g/mol. The fourth-order valence-electron chi connectivity index (χ4n) is 2.76. The zero-order valence-electron chi connectivity index (χ0n) is 11.7. The van der Waals surface area contributed by atoms with Crippen LogP contribution in [0, 0.1) is 5.92 Å². The van der Waals surface area contributed by atoms with E-state index in [1.807, 2.05) is 0 Å². The van der Waals surface area contributed by atoms with Gasteiger partial charge in [0.15, 0.2) is 0 Å². The van der Waals surface area contributed by atoms with Gasteiger partial charge in [-0.05, 0) is 19.3 Å². The molecule has 0 bridgehead atoms. The zero-order valence-corrected chi connectivity index (χ0v) is 11.7. The molecule has 0 saturated carbocycles. The fraction of sp³-hybridized carbons (Fsp3) is 0.769. The third-order valence-corrected chi connectivity index (χ3v) is 4.01. The molecule has 0 aromatic rings. The van der Waals surface area contributed by atoms with Gasteiger partial charge in [0.25, 0.3) is 0 Å². The van der Waals surface area contributed by atoms with E-state index in [1.165, 1.54) is 0 Å². The van der Waals surface area contributed by atoms with E-state index in [0.717, 1.165) is 0 Å². The normalized spacial score (nSPS) is 27.4. The lowest BCUT2D eigenvalue weighted by Crippen LogP contribution is -2.54. The first kappa shape index (κ1) is 14.6. The molecule has 2 atom stereocenters. The van der Waals surface area contributed by atoms with Crippen LogP contribution >= 0.6 is 0 Å². The Bertz CT molecular complexity index is 412. The van der Waals surface area contributed by atoms with Crippen molar-refractivity contribution in [3.8, 4) is 0 Å². The minimum Gasteiger partial charge on any atom is -0.481 e. The van der Waals surface area contributed by atoms with Crippen molar-refractivity contribution in [1.29, 1.82) is 0 Å². The van der Waals surface area contributed by atoms with Gasteiger partial charge in [-0.25, -0.2) is 4.79 Å². The van der Waals surface area contributed by atoms with Gasteiger partial charge in [0.1, 0.15) is 0 Å². The van der Waals surface area contributed by atoms with Crippen LogP contribution in [0.3, 0.4) is 0 Å². The molecule has 7 nitrogen and oxygen atoms in total. The van der Waals surface area contributed by atoms with Crippen molar-refractivity contribution in [3.05, 3.63) is 0 Å². The van der Waals surface area contributed by atoms with Crippen molar-refractivity contribution in [2.45, 2.75) is 31.7 Å². The van der Waals surface area contributed by atoms with E-state index < -0.39 is 11.9 Å². The van der Waals surface area contributed by atoms with Crippen LogP contribution < -0.4 is 5.32 Å². The van der Waals surface area contributed by atoms with Gasteiger partial charge in [0.2, 0.25) is 5.91 Å². The summed E-state index contributed by atoms with van der Waals surface area (Å²) in [5, 5.41) is 11.9. The molecule has 7 heteroatoms. The maximum atomic E-state index is 12.1. The SMILES string of the molecule is CN1CC(NC(=O)N2CCCC(C(=O)O)C2)CCC1=O. The number of carbonyl (C=O) groups is 3. The van der Waals surface area contributed by atoms with E-state index in [0.29, 0.717) is 38.8 Å². The van der Waals surface area contributed by atoms with Gasteiger partial charge < -0.3 is 20.2 Å². The smallest absolute Gasteiger partial charge is 0.317 e. The Morgan fingerprint density at radius 1 is 1.30 bits per heavy atom. The van der Waals surface area contributed by atoms with Crippen molar-refractivity contribution in [3.63, 3.8) is 0 Å². The van der Waals surface area contributed by atoms with E-state index in [-0.39, 0.29) is 24.5 Å². The number of rotatable bonds is 2. The molecule has 0 aliphatic carbocycles. The molecule has 112 valence electrons. The Kier molecular flexibility index (Phi) is 4.46. The van der Waals surface area contributed by atoms with Crippen LogP contribution in [0.1, 0.15) is 25.7 Å². The van der Waals surface area contributed by atoms with Gasteiger partial charge in [-0.3, -0.25) is 9.59 Å². The van der Waals surface area contributed by atoms with Gasteiger partial charge in [-0.1, -0.05) is 0 Å². The summed E-state index contributed by atoms with van der Waals surface area (Å²) >= 11 is 0. The molecule has 2 saturated heterocycles. The van der Waals surface area contributed by atoms with E-state index in [1.54, 1.807) is 16.8 Å². The first-order valence-electron chi connectivity index (χ1n) is 6.99. The monoisotopic (exact) mass is 283 g/mol. The second-order valence-electron chi connectivity index (χ2n) is 5.58. The Balaban J connectivity index is 1.85. The molecule has 2 heterocycles. The van der Waals surface area contributed by atoms with E-state index in [4.69, 9.17) is 5.11 Å². The Morgan fingerprint density at radius 2 is 2.05 bits per heavy atom. The molecule has 2 aliphatic heterocycles. The van der Waals surface area contributed by atoms with Gasteiger partial charge in [0.05, 0.1) is 5.92 Å². The van der Waals surface area contributed by atoms with Crippen LogP contribution in [0.2, 0.25) is 0 Å². The number of nitrogens with one attached hydrogen (secondary N) is 1. The quantitative estimate of drug-likeness (QED) is 0.753. The number of hydrogen-bond donors (Lipinski definition) is 2. The molecule has 0 aromatic heterocycles. The second kappa shape index (κ2) is 6.11. The number of urea groups is 1. The summed E-state index contributed by atoms with van der Waals surface area (Å²) < 4.78 is 0. The Morgan fingerprint density at radius 3 is 2.70 bits per heavy atom. The number of piperidine rings is 2. The van der Waals surface area contributed by atoms with Crippen molar-refractivity contribution in [2.75, 3.05) is 26.7 Å². The van der Waals surface area contributed by atoms with Gasteiger partial charge in [0, 0.05) is 39.1 Å². The lowest BCUT2D eigenvalue weighted by Gasteiger charge is -2.34. The van der Waals surface area contributed by atoms with Crippen LogP contribution in [0.25, 0.3) is 0 Å². The van der Waals surface area contributed by atoms with Crippen LogP contribution in [-0.2, 0) is 9.59 Å². The molecule has 20 heavy (non-hydrogen) atoms. The Hall–Kier alpha value is -1.79. The molecular formula is C13H21N3O4. The number of amides is 3. The van der Waals surface area contributed by atoms with Gasteiger partial charge in [-0.15, -0.1) is 0 Å². The number of nitrogens with zero attached hydrogens (tertiary/aromatic N) is 2. The van der Waals surface area contributed by atoms with Crippen molar-refractivity contribution >= 4 is 17.9 Å². The number of likely N-dealkylation sites (N-methyl/N-ethyl adjacent to an activating group) is 1. The fourth-order valence-corrected chi connectivity index (χ4v) is 2.76. The standard InChI is InChI=1S/C13H21N3O4/c1-15-8-10(4-5-11(15)17)14-13(20)16-6-2-3-9(7-16)12(18)19/h9-10H,2-8H2,1H3,(H,14,20)(H,18,19). The zero-order chi connectivity index (χ0) is 14.7. The summed E-state index contributed by atoms with van der Waals surface area (Å²) in [6.45, 7) is 1.38. The maximum absolute atomic E-state index is 12.1. The summed E-state index contributed by atoms with van der Waals surface area (Å²) in [5.41, 5.74) is 0. The lowest BCUT2D eigenvalue weighted by molar-refractivity contribution is -0.143. The summed E-state index contributed by atoms with van der Waals surface area (Å²) in [6.07, 6.45) is 2.43. The molecule has 0 spiro atoms. The number of carboxylic acid groups (broad SMARTS) is 1. The molecule has 2 fully saturated rings. The van der Waals surface area contributed by atoms with Gasteiger partial charge >= 0.3 is 12.0 Å². The van der Waals surface area contributed by atoms with Crippen molar-refractivity contribution in [2.24, 2.45) is 5.92 Å². The molecule has 2 unspecified atom stereocenters. The number of likely N-dealkylation sites (tertiary alicyclic amines) is 2. The van der Waals surface area contributed by atoms with E-state index >= 15 is 0 Å². The van der Waals surface area contributed by atoms with Crippen LogP contribution in [0.15, 0.2) is 0 Å². The first-order chi connectivity index (χ1) is 9.47. The van der Waals surface area contributed by atoms with Crippen molar-refractivity contribution < 1.29 is 19.5 Å². The van der Waals surface area contributed by atoms with E-state index in [2.05, 4.69) is 5.32 Å². The largest absolute Gasteiger partial charge is 0.481 e. The maximum Gasteiger partial charge on any atom is 0.317 e. The number of hydrogen-bond acceptors (Lipinski definition) is 3. The molecule has 3 amide bonds. The highest BCUT2D eigenvalue weighted by atomic mass is 16.4. The van der Waals surface area contributed by atoms with Crippen LogP contribution in [-0.4, -0.2) is 65.5 Å². The second-order valence-corrected chi connectivity index (χ2v) is 5.58. The molecule has 0 radical (unpaired) electrons.